The number of aliphatic hydroxyl groups excluding tert-OH is 2. The molecule has 0 heterocycles. The number of amides is 1. The molecule has 0 saturated carbocycles. The van der Waals surface area contributed by atoms with Crippen LogP contribution in [0.3, 0.4) is 0 Å². The van der Waals surface area contributed by atoms with Crippen molar-refractivity contribution in [1.82, 2.24) is 5.32 Å². The van der Waals surface area contributed by atoms with Gasteiger partial charge in [0.25, 0.3) is 0 Å². The highest BCUT2D eigenvalue weighted by Gasteiger charge is 2.20. The van der Waals surface area contributed by atoms with Crippen LogP contribution in [0.5, 0.6) is 0 Å². The molecule has 6 heteroatoms. The molecular weight excluding hydrogens is 815 g/mol. The first-order chi connectivity index (χ1) is 32.5. The summed E-state index contributed by atoms with van der Waals surface area (Å²) >= 11 is 0. The molecule has 2 unspecified atom stereocenters. The fourth-order valence-corrected chi connectivity index (χ4v) is 9.76. The molecule has 394 valence electrons. The molecule has 0 aromatic heterocycles. The van der Waals surface area contributed by atoms with Crippen molar-refractivity contribution in [1.29, 1.82) is 0 Å². The Balaban J connectivity index is 3.40. The monoisotopic (exact) mass is 934 g/mol. The van der Waals surface area contributed by atoms with E-state index in [1.807, 2.05) is 0 Å². The van der Waals surface area contributed by atoms with Crippen LogP contribution in [0.2, 0.25) is 0 Å². The Morgan fingerprint density at radius 2 is 0.621 bits per heavy atom. The first kappa shape index (κ1) is 64.9. The summed E-state index contributed by atoms with van der Waals surface area (Å²) in [7, 11) is 0. The van der Waals surface area contributed by atoms with Gasteiger partial charge in [0.05, 0.1) is 25.4 Å². The second-order valence-electron chi connectivity index (χ2n) is 21.1. The lowest BCUT2D eigenvalue weighted by molar-refractivity contribution is -0.143. The second-order valence-corrected chi connectivity index (χ2v) is 21.1. The van der Waals surface area contributed by atoms with E-state index in [9.17, 15) is 19.8 Å². The van der Waals surface area contributed by atoms with Gasteiger partial charge in [-0.1, -0.05) is 309 Å². The molecule has 0 radical (unpaired) electrons. The third-order valence-corrected chi connectivity index (χ3v) is 14.4. The van der Waals surface area contributed by atoms with Crippen LogP contribution in [-0.2, 0) is 14.3 Å². The molecule has 2 atom stereocenters. The summed E-state index contributed by atoms with van der Waals surface area (Å²) in [6.07, 6.45) is 65.2. The maximum Gasteiger partial charge on any atom is 0.305 e. The van der Waals surface area contributed by atoms with Crippen LogP contribution in [0.25, 0.3) is 0 Å². The van der Waals surface area contributed by atoms with E-state index >= 15 is 0 Å². The molecule has 1 amide bonds. The number of hydrogen-bond acceptors (Lipinski definition) is 5. The lowest BCUT2D eigenvalue weighted by Gasteiger charge is -2.22. The minimum atomic E-state index is -0.669. The predicted octanol–water partition coefficient (Wildman–Crippen LogP) is 18.7. The molecule has 0 bridgehead atoms. The van der Waals surface area contributed by atoms with Crippen molar-refractivity contribution in [2.45, 2.75) is 360 Å². The molecule has 66 heavy (non-hydrogen) atoms. The third-order valence-electron chi connectivity index (χ3n) is 14.4. The van der Waals surface area contributed by atoms with Crippen LogP contribution in [0.1, 0.15) is 348 Å². The first-order valence-corrected chi connectivity index (χ1v) is 30.3. The zero-order valence-electron chi connectivity index (χ0n) is 45.0. The average molecular weight is 935 g/mol. The molecule has 0 spiro atoms. The molecule has 0 aromatic rings. The Morgan fingerprint density at radius 1 is 0.364 bits per heavy atom. The number of rotatable bonds is 57. The van der Waals surface area contributed by atoms with E-state index < -0.39 is 12.1 Å². The van der Waals surface area contributed by atoms with Gasteiger partial charge in [-0.15, -0.1) is 0 Å². The molecule has 0 aromatic carbocycles. The van der Waals surface area contributed by atoms with Crippen LogP contribution < -0.4 is 5.32 Å². The molecule has 6 nitrogen and oxygen atoms in total. The SMILES string of the molecule is CCCCCCCCCCCCCCCCCCCCC(O)C(CO)NC(=O)CCCCCCCCCCCCCCCCCOC(=O)CCCCCCCCCCCCCCCCCC. The minimum Gasteiger partial charge on any atom is -0.466 e. The molecule has 3 N–H and O–H groups in total. The normalized spacial score (nSPS) is 12.5. The number of esters is 1. The summed E-state index contributed by atoms with van der Waals surface area (Å²) in [6.45, 7) is 4.97. The molecule has 0 saturated heterocycles. The largest absolute Gasteiger partial charge is 0.466 e. The van der Waals surface area contributed by atoms with Crippen molar-refractivity contribution in [3.05, 3.63) is 0 Å². The fraction of sp³-hybridized carbons (Fsp3) is 0.967. The summed E-state index contributed by atoms with van der Waals surface area (Å²) < 4.78 is 5.49. The van der Waals surface area contributed by atoms with Crippen molar-refractivity contribution in [2.24, 2.45) is 0 Å². The van der Waals surface area contributed by atoms with Gasteiger partial charge >= 0.3 is 5.97 Å². The number of hydrogen-bond donors (Lipinski definition) is 3. The highest BCUT2D eigenvalue weighted by molar-refractivity contribution is 5.76. The van der Waals surface area contributed by atoms with Crippen LogP contribution >= 0.6 is 0 Å². The van der Waals surface area contributed by atoms with E-state index in [-0.39, 0.29) is 18.5 Å². The van der Waals surface area contributed by atoms with E-state index in [2.05, 4.69) is 19.2 Å². The zero-order valence-corrected chi connectivity index (χ0v) is 45.0. The van der Waals surface area contributed by atoms with E-state index in [1.165, 1.54) is 270 Å². The topological polar surface area (TPSA) is 95.9 Å². The van der Waals surface area contributed by atoms with Gasteiger partial charge in [0.2, 0.25) is 5.91 Å². The molecule has 0 aliphatic heterocycles. The van der Waals surface area contributed by atoms with Crippen molar-refractivity contribution >= 4 is 11.9 Å². The summed E-state index contributed by atoms with van der Waals surface area (Å²) in [4.78, 5) is 24.6. The highest BCUT2D eigenvalue weighted by atomic mass is 16.5. The minimum absolute atomic E-state index is 0.00543. The standard InChI is InChI=1S/C60H119NO5/c1-3-5-7-9-11-13-15-17-19-21-22-24-28-32-36-40-44-48-52-58(63)57(56-62)61-59(64)53-49-45-41-37-33-29-25-23-27-31-35-39-43-47-51-55-66-60(65)54-50-46-42-38-34-30-26-20-18-16-14-12-10-8-6-4-2/h57-58,62-63H,3-56H2,1-2H3,(H,61,64). The predicted molar refractivity (Wildman–Crippen MR) is 287 cm³/mol. The second kappa shape index (κ2) is 56.4. The van der Waals surface area contributed by atoms with Gasteiger partial charge in [-0.25, -0.2) is 0 Å². The lowest BCUT2D eigenvalue weighted by atomic mass is 10.0. The summed E-state index contributed by atoms with van der Waals surface area (Å²) in [5.41, 5.74) is 0. The lowest BCUT2D eigenvalue weighted by Crippen LogP contribution is -2.45. The number of unbranched alkanes of at least 4 members (excludes halogenated alkanes) is 46. The van der Waals surface area contributed by atoms with Gasteiger partial charge in [-0.3, -0.25) is 9.59 Å². The number of carbonyl (C=O) groups is 2. The Bertz CT molecular complexity index is 944. The zero-order chi connectivity index (χ0) is 47.9. The van der Waals surface area contributed by atoms with E-state index in [1.54, 1.807) is 0 Å². The van der Waals surface area contributed by atoms with Gasteiger partial charge < -0.3 is 20.3 Å². The van der Waals surface area contributed by atoms with Gasteiger partial charge in [0.15, 0.2) is 0 Å². The molecular formula is C60H119NO5. The fourth-order valence-electron chi connectivity index (χ4n) is 9.76. The van der Waals surface area contributed by atoms with Crippen molar-refractivity contribution in [2.75, 3.05) is 13.2 Å². The smallest absolute Gasteiger partial charge is 0.305 e. The first-order valence-electron chi connectivity index (χ1n) is 30.3. The van der Waals surface area contributed by atoms with Crippen LogP contribution in [0, 0.1) is 0 Å². The van der Waals surface area contributed by atoms with Gasteiger partial charge in [-0.2, -0.15) is 0 Å². The van der Waals surface area contributed by atoms with Crippen molar-refractivity contribution in [3.63, 3.8) is 0 Å². The van der Waals surface area contributed by atoms with Gasteiger partial charge in [-0.05, 0) is 25.7 Å². The van der Waals surface area contributed by atoms with Crippen LogP contribution in [0.4, 0.5) is 0 Å². The van der Waals surface area contributed by atoms with E-state index in [0.717, 1.165) is 44.9 Å². The Kier molecular flexibility index (Phi) is 55.5. The maximum atomic E-state index is 12.5. The maximum absolute atomic E-state index is 12.5. The summed E-state index contributed by atoms with van der Waals surface area (Å²) in [6, 6.07) is -0.547. The number of carbonyl (C=O) groups excluding carboxylic acids is 2. The van der Waals surface area contributed by atoms with Gasteiger partial charge in [0.1, 0.15) is 0 Å². The Labute approximate surface area is 413 Å². The third kappa shape index (κ3) is 52.2. The highest BCUT2D eigenvalue weighted by Crippen LogP contribution is 2.18. The van der Waals surface area contributed by atoms with Crippen molar-refractivity contribution < 1.29 is 24.5 Å². The Hall–Kier alpha value is -1.14. The molecule has 0 fully saturated rings. The van der Waals surface area contributed by atoms with Gasteiger partial charge in [0, 0.05) is 12.8 Å². The van der Waals surface area contributed by atoms with Crippen LogP contribution in [-0.4, -0.2) is 47.4 Å². The van der Waals surface area contributed by atoms with E-state index in [4.69, 9.17) is 4.74 Å². The molecule has 0 rings (SSSR count). The molecule has 0 aliphatic rings. The molecule has 0 aliphatic carbocycles. The number of nitrogens with one attached hydrogen (secondary N) is 1. The van der Waals surface area contributed by atoms with E-state index in [0.29, 0.717) is 25.9 Å². The van der Waals surface area contributed by atoms with Crippen LogP contribution in [0.15, 0.2) is 0 Å². The summed E-state index contributed by atoms with van der Waals surface area (Å²) in [5, 5.41) is 23.3. The number of ether oxygens (including phenoxy) is 1. The Morgan fingerprint density at radius 3 is 0.924 bits per heavy atom. The number of aliphatic hydroxyl groups is 2. The average Bonchev–Trinajstić information content (AvgIpc) is 3.32. The summed E-state index contributed by atoms with van der Waals surface area (Å²) in [5.74, 6) is -0.0340. The van der Waals surface area contributed by atoms with Crippen molar-refractivity contribution in [3.8, 4) is 0 Å². The quantitative estimate of drug-likeness (QED) is 0.0417.